The van der Waals surface area contributed by atoms with Crippen LogP contribution in [0.15, 0.2) is 127 Å². The molecular weight excluding hydrogens is 484 g/mol. The molecule has 1 heterocycles. The van der Waals surface area contributed by atoms with Gasteiger partial charge in [-0.2, -0.15) is 0 Å². The maximum absolute atomic E-state index is 5.61. The van der Waals surface area contributed by atoms with Gasteiger partial charge in [0.1, 0.15) is 5.82 Å². The Morgan fingerprint density at radius 1 is 0.500 bits per heavy atom. The molecule has 2 heteroatoms. The van der Waals surface area contributed by atoms with Crippen LogP contribution in [0.1, 0.15) is 41.4 Å². The molecule has 0 spiro atoms. The molecule has 0 unspecified atom stereocenters. The van der Waals surface area contributed by atoms with E-state index in [4.69, 9.17) is 9.97 Å². The average molecular weight is 511 g/mol. The molecule has 0 fully saturated rings. The number of rotatable bonds is 2. The third kappa shape index (κ3) is 2.59. The summed E-state index contributed by atoms with van der Waals surface area (Å²) in [6.45, 7) is 2.40. The first kappa shape index (κ1) is 22.0. The normalized spacial score (nSPS) is 20.7. The van der Waals surface area contributed by atoms with E-state index >= 15 is 0 Å². The lowest BCUT2D eigenvalue weighted by atomic mass is 9.72. The van der Waals surface area contributed by atoms with Crippen molar-refractivity contribution in [1.82, 2.24) is 9.97 Å². The van der Waals surface area contributed by atoms with E-state index in [1.165, 1.54) is 43.8 Å². The van der Waals surface area contributed by atoms with E-state index in [0.717, 1.165) is 34.4 Å². The van der Waals surface area contributed by atoms with Crippen LogP contribution in [0.25, 0.3) is 43.7 Å². The summed E-state index contributed by atoms with van der Waals surface area (Å²) >= 11 is 0. The minimum atomic E-state index is -0.396. The summed E-state index contributed by atoms with van der Waals surface area (Å²) in [6, 6.07) is 46.0. The molecule has 2 aliphatic carbocycles. The molecule has 188 valence electrons. The highest BCUT2D eigenvalue weighted by Gasteiger charge is 2.61. The summed E-state index contributed by atoms with van der Waals surface area (Å²) < 4.78 is 0. The summed E-state index contributed by atoms with van der Waals surface area (Å²) in [4.78, 5) is 11.2. The molecule has 0 N–H and O–H groups in total. The number of hydrogen-bond donors (Lipinski definition) is 0. The maximum Gasteiger partial charge on any atom is 0.144 e. The van der Waals surface area contributed by atoms with Crippen LogP contribution in [0.5, 0.6) is 0 Å². The third-order valence-corrected chi connectivity index (χ3v) is 9.59. The van der Waals surface area contributed by atoms with Gasteiger partial charge in [-0.05, 0) is 44.8 Å². The van der Waals surface area contributed by atoms with Gasteiger partial charge in [0.25, 0.3) is 0 Å². The van der Waals surface area contributed by atoms with Crippen molar-refractivity contribution in [3.8, 4) is 11.3 Å². The highest BCUT2D eigenvalue weighted by Crippen LogP contribution is 2.65. The highest BCUT2D eigenvalue weighted by molar-refractivity contribution is 6.26. The number of aromatic nitrogens is 2. The maximum atomic E-state index is 5.61. The Kier molecular flexibility index (Phi) is 4.21. The largest absolute Gasteiger partial charge is 0.231 e. The van der Waals surface area contributed by atoms with Crippen LogP contribution in [0.3, 0.4) is 0 Å². The van der Waals surface area contributed by atoms with Gasteiger partial charge in [0, 0.05) is 21.8 Å². The number of hydrogen-bond acceptors (Lipinski definition) is 2. The second kappa shape index (κ2) is 7.64. The minimum Gasteiger partial charge on any atom is -0.231 e. The van der Waals surface area contributed by atoms with E-state index < -0.39 is 5.41 Å². The highest BCUT2D eigenvalue weighted by atomic mass is 14.9. The number of nitrogens with zero attached hydrogens (tertiary/aromatic N) is 2. The van der Waals surface area contributed by atoms with Crippen molar-refractivity contribution in [2.75, 3.05) is 0 Å². The Hall–Kier alpha value is -4.82. The number of fused-ring (bicyclic) bond motifs is 14. The molecule has 2 aliphatic rings. The van der Waals surface area contributed by atoms with Crippen molar-refractivity contribution >= 4 is 32.4 Å². The summed E-state index contributed by atoms with van der Waals surface area (Å²) in [5.41, 5.74) is 8.20. The molecule has 0 amide bonds. The smallest absolute Gasteiger partial charge is 0.144 e. The zero-order valence-electron chi connectivity index (χ0n) is 22.2. The van der Waals surface area contributed by atoms with Crippen LogP contribution < -0.4 is 0 Å². The summed E-state index contributed by atoms with van der Waals surface area (Å²) in [7, 11) is 0. The van der Waals surface area contributed by atoms with E-state index in [0.29, 0.717) is 0 Å². The lowest BCUT2D eigenvalue weighted by molar-refractivity contribution is 0.517. The molecule has 9 rings (SSSR count). The Bertz CT molecular complexity index is 2110. The van der Waals surface area contributed by atoms with Gasteiger partial charge in [-0.15, -0.1) is 0 Å². The van der Waals surface area contributed by atoms with Gasteiger partial charge in [0.05, 0.1) is 16.6 Å². The average Bonchev–Trinajstić information content (AvgIpc) is 3.47. The molecule has 0 saturated carbocycles. The zero-order chi connectivity index (χ0) is 26.5. The predicted molar refractivity (Wildman–Crippen MR) is 164 cm³/mol. The second-order valence-electron chi connectivity index (χ2n) is 11.6. The van der Waals surface area contributed by atoms with Crippen molar-refractivity contribution in [3.63, 3.8) is 0 Å². The van der Waals surface area contributed by atoms with Gasteiger partial charge in [-0.1, -0.05) is 134 Å². The summed E-state index contributed by atoms with van der Waals surface area (Å²) in [6.07, 6.45) is 0.948. The van der Waals surface area contributed by atoms with Gasteiger partial charge in [-0.3, -0.25) is 0 Å². The summed E-state index contributed by atoms with van der Waals surface area (Å²) in [5.74, 6) is 0.903. The second-order valence-corrected chi connectivity index (χ2v) is 11.6. The molecule has 6 aromatic carbocycles. The van der Waals surface area contributed by atoms with E-state index in [-0.39, 0.29) is 5.41 Å². The van der Waals surface area contributed by atoms with Gasteiger partial charge >= 0.3 is 0 Å². The monoisotopic (exact) mass is 510 g/mol. The van der Waals surface area contributed by atoms with Crippen LogP contribution >= 0.6 is 0 Å². The van der Waals surface area contributed by atoms with Crippen LogP contribution in [0, 0.1) is 0 Å². The van der Waals surface area contributed by atoms with Crippen LogP contribution in [-0.4, -0.2) is 9.97 Å². The molecule has 40 heavy (non-hydrogen) atoms. The molecule has 0 saturated heterocycles. The van der Waals surface area contributed by atoms with Crippen LogP contribution in [0.4, 0.5) is 0 Å². The SMILES string of the molecule is CC12CC(c3nc(-c4ccccc4)c4c5ccccc5c5ccccc5c4n3)(c3ccccc31)c1ccccc12. The predicted octanol–water partition coefficient (Wildman–Crippen LogP) is 8.96. The van der Waals surface area contributed by atoms with Crippen LogP contribution in [0.2, 0.25) is 0 Å². The minimum absolute atomic E-state index is 0.0656. The first-order valence-corrected chi connectivity index (χ1v) is 14.1. The molecule has 0 atom stereocenters. The summed E-state index contributed by atoms with van der Waals surface area (Å²) in [5, 5.41) is 5.97. The fourth-order valence-electron chi connectivity index (χ4n) is 7.96. The lowest BCUT2D eigenvalue weighted by Gasteiger charge is -2.32. The first-order valence-electron chi connectivity index (χ1n) is 14.1. The van der Waals surface area contributed by atoms with Crippen molar-refractivity contribution in [1.29, 1.82) is 0 Å². The van der Waals surface area contributed by atoms with Crippen molar-refractivity contribution < 1.29 is 0 Å². The molecule has 0 radical (unpaired) electrons. The Balaban J connectivity index is 1.50. The Labute approximate surface area is 233 Å². The van der Waals surface area contributed by atoms with Gasteiger partial charge < -0.3 is 0 Å². The molecule has 1 aromatic heterocycles. The molecular formula is C38H26N2. The Morgan fingerprint density at radius 2 is 1.00 bits per heavy atom. The van der Waals surface area contributed by atoms with Gasteiger partial charge in [0.2, 0.25) is 0 Å². The van der Waals surface area contributed by atoms with Gasteiger partial charge in [-0.25, -0.2) is 9.97 Å². The first-order chi connectivity index (χ1) is 19.7. The molecule has 0 aliphatic heterocycles. The van der Waals surface area contributed by atoms with Crippen LogP contribution in [-0.2, 0) is 10.8 Å². The zero-order valence-corrected chi connectivity index (χ0v) is 22.2. The van der Waals surface area contributed by atoms with E-state index in [1.54, 1.807) is 0 Å². The number of benzene rings is 6. The lowest BCUT2D eigenvalue weighted by Crippen LogP contribution is -2.28. The topological polar surface area (TPSA) is 25.8 Å². The van der Waals surface area contributed by atoms with Gasteiger partial charge in [0.15, 0.2) is 0 Å². The van der Waals surface area contributed by atoms with Crippen molar-refractivity contribution in [2.45, 2.75) is 24.2 Å². The molecule has 2 bridgehead atoms. The van der Waals surface area contributed by atoms with Crippen molar-refractivity contribution in [3.05, 3.63) is 155 Å². The Morgan fingerprint density at radius 3 is 1.65 bits per heavy atom. The van der Waals surface area contributed by atoms with E-state index in [1.807, 2.05) is 0 Å². The molecule has 7 aromatic rings. The van der Waals surface area contributed by atoms with Crippen molar-refractivity contribution in [2.24, 2.45) is 0 Å². The fourth-order valence-corrected chi connectivity index (χ4v) is 7.96. The third-order valence-electron chi connectivity index (χ3n) is 9.59. The molecule has 2 nitrogen and oxygen atoms in total. The van der Waals surface area contributed by atoms with E-state index in [2.05, 4.69) is 134 Å². The quantitative estimate of drug-likeness (QED) is 0.217. The van der Waals surface area contributed by atoms with E-state index in [9.17, 15) is 0 Å². The fraction of sp³-hybridized carbons (Fsp3) is 0.105. The standard InChI is InChI=1S/C38H26N2/c1-37-23-38(31-21-11-9-19-29(31)37,32-22-12-10-20-30(32)37)36-39-34(24-13-3-2-4-14-24)33-27-17-7-5-15-25(27)26-16-6-8-18-28(26)35(33)40-36/h2-22H,23H2,1H3.